The molecule has 21 heavy (non-hydrogen) atoms. The third kappa shape index (κ3) is 2.80. The SMILES string of the molecule is CC(=O)C1=C(C#Cc2ccccc2)c2ccccc2CC1. The molecule has 0 atom stereocenters. The van der Waals surface area contributed by atoms with Gasteiger partial charge in [-0.05, 0) is 43.0 Å². The van der Waals surface area contributed by atoms with Crippen LogP contribution in [0.4, 0.5) is 0 Å². The van der Waals surface area contributed by atoms with Crippen LogP contribution >= 0.6 is 0 Å². The van der Waals surface area contributed by atoms with Crippen LogP contribution in [-0.2, 0) is 11.2 Å². The third-order valence-corrected chi connectivity index (χ3v) is 3.76. The molecule has 0 N–H and O–H groups in total. The molecule has 0 bridgehead atoms. The molecule has 0 aliphatic heterocycles. The van der Waals surface area contributed by atoms with Gasteiger partial charge in [0, 0.05) is 16.7 Å². The molecule has 1 aliphatic rings. The smallest absolute Gasteiger partial charge is 0.157 e. The van der Waals surface area contributed by atoms with E-state index in [0.29, 0.717) is 0 Å². The van der Waals surface area contributed by atoms with E-state index in [-0.39, 0.29) is 5.78 Å². The highest BCUT2D eigenvalue weighted by Gasteiger charge is 2.19. The fourth-order valence-electron chi connectivity index (χ4n) is 2.68. The van der Waals surface area contributed by atoms with Crippen molar-refractivity contribution in [2.45, 2.75) is 19.8 Å². The first-order valence-electron chi connectivity index (χ1n) is 7.15. The summed E-state index contributed by atoms with van der Waals surface area (Å²) in [5, 5.41) is 0. The number of hydrogen-bond acceptors (Lipinski definition) is 1. The Kier molecular flexibility index (Phi) is 3.71. The Morgan fingerprint density at radius 1 is 0.905 bits per heavy atom. The zero-order valence-electron chi connectivity index (χ0n) is 12.0. The molecule has 1 aliphatic carbocycles. The molecule has 2 aromatic carbocycles. The maximum atomic E-state index is 11.9. The minimum absolute atomic E-state index is 0.127. The van der Waals surface area contributed by atoms with Crippen molar-refractivity contribution < 1.29 is 4.79 Å². The van der Waals surface area contributed by atoms with Gasteiger partial charge >= 0.3 is 0 Å². The Bertz CT molecular complexity index is 770. The number of allylic oxidation sites excluding steroid dienone is 2. The van der Waals surface area contributed by atoms with E-state index < -0.39 is 0 Å². The second-order valence-corrected chi connectivity index (χ2v) is 5.18. The van der Waals surface area contributed by atoms with Gasteiger partial charge in [-0.25, -0.2) is 0 Å². The van der Waals surface area contributed by atoms with E-state index in [1.165, 1.54) is 5.56 Å². The van der Waals surface area contributed by atoms with Crippen LogP contribution < -0.4 is 0 Å². The second-order valence-electron chi connectivity index (χ2n) is 5.18. The predicted molar refractivity (Wildman–Crippen MR) is 85.7 cm³/mol. The van der Waals surface area contributed by atoms with E-state index in [0.717, 1.165) is 35.1 Å². The molecule has 0 spiro atoms. The second kappa shape index (κ2) is 5.81. The molecule has 0 heterocycles. The monoisotopic (exact) mass is 272 g/mol. The van der Waals surface area contributed by atoms with Gasteiger partial charge in [-0.1, -0.05) is 54.3 Å². The first-order valence-corrected chi connectivity index (χ1v) is 7.15. The number of fused-ring (bicyclic) bond motifs is 1. The molecule has 1 nitrogen and oxygen atoms in total. The number of hydrogen-bond donors (Lipinski definition) is 0. The topological polar surface area (TPSA) is 17.1 Å². The first kappa shape index (κ1) is 13.4. The van der Waals surface area contributed by atoms with E-state index in [1.807, 2.05) is 42.5 Å². The lowest BCUT2D eigenvalue weighted by Crippen LogP contribution is -2.09. The predicted octanol–water partition coefficient (Wildman–Crippen LogP) is 4.03. The molecule has 0 saturated heterocycles. The number of carbonyl (C=O) groups excluding carboxylic acids is 1. The summed E-state index contributed by atoms with van der Waals surface area (Å²) in [6, 6.07) is 18.1. The molecule has 2 aromatic rings. The highest BCUT2D eigenvalue weighted by atomic mass is 16.1. The van der Waals surface area contributed by atoms with Crippen LogP contribution in [0.1, 0.15) is 30.0 Å². The molecule has 0 amide bonds. The van der Waals surface area contributed by atoms with Gasteiger partial charge in [0.2, 0.25) is 0 Å². The van der Waals surface area contributed by atoms with Crippen molar-refractivity contribution in [1.82, 2.24) is 0 Å². The van der Waals surface area contributed by atoms with E-state index in [2.05, 4.69) is 24.0 Å². The summed E-state index contributed by atoms with van der Waals surface area (Å²) < 4.78 is 0. The van der Waals surface area contributed by atoms with Gasteiger partial charge in [-0.15, -0.1) is 0 Å². The van der Waals surface area contributed by atoms with Crippen molar-refractivity contribution >= 4 is 11.4 Å². The van der Waals surface area contributed by atoms with Crippen molar-refractivity contribution in [2.75, 3.05) is 0 Å². The standard InChI is InChI=1S/C20H16O/c1-15(21)18-14-12-17-9-5-6-10-19(17)20(18)13-11-16-7-3-2-4-8-16/h2-10H,12,14H2,1H3. The number of carbonyl (C=O) groups is 1. The quantitative estimate of drug-likeness (QED) is 0.716. The van der Waals surface area contributed by atoms with E-state index in [1.54, 1.807) is 6.92 Å². The highest BCUT2D eigenvalue weighted by Crippen LogP contribution is 2.31. The summed E-state index contributed by atoms with van der Waals surface area (Å²) in [7, 11) is 0. The summed E-state index contributed by atoms with van der Waals surface area (Å²) in [5.41, 5.74) is 5.11. The van der Waals surface area contributed by atoms with Crippen LogP contribution in [0.3, 0.4) is 0 Å². The summed E-state index contributed by atoms with van der Waals surface area (Å²) in [5.74, 6) is 6.54. The lowest BCUT2D eigenvalue weighted by atomic mass is 9.84. The summed E-state index contributed by atoms with van der Waals surface area (Å²) in [4.78, 5) is 11.9. The number of ketones is 1. The lowest BCUT2D eigenvalue weighted by Gasteiger charge is -2.18. The van der Waals surface area contributed by atoms with E-state index in [4.69, 9.17) is 0 Å². The minimum Gasteiger partial charge on any atom is -0.295 e. The number of Topliss-reactive ketones (excluding diaryl/α,β-unsaturated/α-hetero) is 1. The number of rotatable bonds is 1. The molecule has 102 valence electrons. The Balaban J connectivity index is 2.11. The lowest BCUT2D eigenvalue weighted by molar-refractivity contribution is -0.113. The molecule has 1 heteroatoms. The van der Waals surface area contributed by atoms with Crippen molar-refractivity contribution in [3.8, 4) is 11.8 Å². The molecule has 0 unspecified atom stereocenters. The van der Waals surface area contributed by atoms with Gasteiger partial charge in [0.25, 0.3) is 0 Å². The maximum absolute atomic E-state index is 11.9. The molecule has 0 saturated carbocycles. The average molecular weight is 272 g/mol. The van der Waals surface area contributed by atoms with Crippen LogP contribution in [0.5, 0.6) is 0 Å². The van der Waals surface area contributed by atoms with Gasteiger partial charge in [0.05, 0.1) is 0 Å². The van der Waals surface area contributed by atoms with Gasteiger partial charge < -0.3 is 0 Å². The van der Waals surface area contributed by atoms with Crippen LogP contribution in [0, 0.1) is 11.8 Å². The fraction of sp³-hybridized carbons (Fsp3) is 0.150. The van der Waals surface area contributed by atoms with Crippen LogP contribution in [0.2, 0.25) is 0 Å². The van der Waals surface area contributed by atoms with Crippen molar-refractivity contribution in [2.24, 2.45) is 0 Å². The molecule has 0 aromatic heterocycles. The van der Waals surface area contributed by atoms with Gasteiger partial charge in [-0.3, -0.25) is 4.79 Å². The zero-order valence-corrected chi connectivity index (χ0v) is 12.0. The van der Waals surface area contributed by atoms with Crippen LogP contribution in [-0.4, -0.2) is 5.78 Å². The zero-order chi connectivity index (χ0) is 14.7. The molecular formula is C20H16O. The fourth-order valence-corrected chi connectivity index (χ4v) is 2.68. The normalized spacial score (nSPS) is 13.2. The van der Waals surface area contributed by atoms with Gasteiger partial charge in [-0.2, -0.15) is 0 Å². The summed E-state index contributed by atoms with van der Waals surface area (Å²) >= 11 is 0. The van der Waals surface area contributed by atoms with E-state index in [9.17, 15) is 4.79 Å². The minimum atomic E-state index is 0.127. The number of aryl methyl sites for hydroxylation is 1. The third-order valence-electron chi connectivity index (χ3n) is 3.76. The molecule has 0 radical (unpaired) electrons. The van der Waals surface area contributed by atoms with Gasteiger partial charge in [0.1, 0.15) is 0 Å². The Labute approximate surface area is 125 Å². The molecule has 3 rings (SSSR count). The number of benzene rings is 2. The highest BCUT2D eigenvalue weighted by molar-refractivity contribution is 6.05. The largest absolute Gasteiger partial charge is 0.295 e. The van der Waals surface area contributed by atoms with Gasteiger partial charge in [0.15, 0.2) is 5.78 Å². The van der Waals surface area contributed by atoms with Crippen molar-refractivity contribution in [1.29, 1.82) is 0 Å². The van der Waals surface area contributed by atoms with Crippen molar-refractivity contribution in [3.63, 3.8) is 0 Å². The molecule has 0 fully saturated rings. The summed E-state index contributed by atoms with van der Waals surface area (Å²) in [6.45, 7) is 1.63. The van der Waals surface area contributed by atoms with Crippen molar-refractivity contribution in [3.05, 3.63) is 76.9 Å². The van der Waals surface area contributed by atoms with Crippen LogP contribution in [0.25, 0.3) is 5.57 Å². The Hall–Kier alpha value is -2.59. The van der Waals surface area contributed by atoms with Crippen LogP contribution in [0.15, 0.2) is 60.2 Å². The first-order chi connectivity index (χ1) is 10.3. The Morgan fingerprint density at radius 2 is 1.62 bits per heavy atom. The summed E-state index contributed by atoms with van der Waals surface area (Å²) in [6.07, 6.45) is 1.70. The maximum Gasteiger partial charge on any atom is 0.157 e. The average Bonchev–Trinajstić information content (AvgIpc) is 2.53. The Morgan fingerprint density at radius 3 is 2.38 bits per heavy atom. The van der Waals surface area contributed by atoms with E-state index >= 15 is 0 Å². The molecular weight excluding hydrogens is 256 g/mol.